The maximum atomic E-state index is 12.7. The summed E-state index contributed by atoms with van der Waals surface area (Å²) in [5.74, 6) is -2.76. The summed E-state index contributed by atoms with van der Waals surface area (Å²) < 4.78 is 0. The zero-order chi connectivity index (χ0) is 22.4. The van der Waals surface area contributed by atoms with E-state index in [-0.39, 0.29) is 17.1 Å². The molecule has 2 aromatic carbocycles. The van der Waals surface area contributed by atoms with Crippen LogP contribution >= 0.6 is 23.4 Å². The second kappa shape index (κ2) is 10.5. The van der Waals surface area contributed by atoms with Gasteiger partial charge in [-0.1, -0.05) is 29.8 Å². The first-order valence-corrected chi connectivity index (χ1v) is 11.1. The van der Waals surface area contributed by atoms with E-state index in [0.717, 1.165) is 4.90 Å². The lowest BCUT2D eigenvalue weighted by Gasteiger charge is -2.24. The number of hydrogen-bond donors (Lipinski definition) is 3. The molecule has 0 spiro atoms. The Kier molecular flexibility index (Phi) is 7.76. The number of amides is 2. The molecule has 0 heterocycles. The van der Waals surface area contributed by atoms with E-state index in [0.29, 0.717) is 29.2 Å². The SMILES string of the molecule is CC(Sc1cccc(NC(=O)C2CC=CCC2C(=O)O)c1)C(=O)Nc1ccc(Cl)cc1. The van der Waals surface area contributed by atoms with E-state index in [1.165, 1.54) is 11.8 Å². The zero-order valence-corrected chi connectivity index (χ0v) is 18.5. The molecule has 3 atom stereocenters. The molecule has 0 saturated heterocycles. The van der Waals surface area contributed by atoms with Gasteiger partial charge < -0.3 is 15.7 Å². The van der Waals surface area contributed by atoms with Crippen molar-refractivity contribution in [1.82, 2.24) is 0 Å². The van der Waals surface area contributed by atoms with Crippen LogP contribution in [0.2, 0.25) is 5.02 Å². The quantitative estimate of drug-likeness (QED) is 0.398. The summed E-state index contributed by atoms with van der Waals surface area (Å²) in [5.41, 5.74) is 1.23. The van der Waals surface area contributed by atoms with E-state index in [2.05, 4.69) is 10.6 Å². The minimum absolute atomic E-state index is 0.153. The lowest BCUT2D eigenvalue weighted by atomic mass is 9.82. The van der Waals surface area contributed by atoms with Crippen molar-refractivity contribution in [2.75, 3.05) is 10.6 Å². The van der Waals surface area contributed by atoms with Gasteiger partial charge in [0.15, 0.2) is 0 Å². The Morgan fingerprint density at radius 2 is 1.68 bits per heavy atom. The monoisotopic (exact) mass is 458 g/mol. The van der Waals surface area contributed by atoms with Crippen LogP contribution in [-0.4, -0.2) is 28.1 Å². The Bertz CT molecular complexity index is 993. The number of rotatable bonds is 7. The molecule has 0 fully saturated rings. The standard InChI is InChI=1S/C23H23ClN2O4S/c1-14(21(27)25-16-11-9-15(24)10-12-16)31-18-6-4-5-17(13-18)26-22(28)19-7-2-3-8-20(19)23(29)30/h2-6,9-14,19-20H,7-8H2,1H3,(H,25,27)(H,26,28)(H,29,30). The Hall–Kier alpha value is -2.77. The van der Waals surface area contributed by atoms with Crippen molar-refractivity contribution in [3.63, 3.8) is 0 Å². The van der Waals surface area contributed by atoms with Gasteiger partial charge >= 0.3 is 5.97 Å². The van der Waals surface area contributed by atoms with E-state index in [1.807, 2.05) is 12.1 Å². The van der Waals surface area contributed by atoms with Crippen molar-refractivity contribution >= 4 is 52.5 Å². The molecule has 2 aromatic rings. The first-order valence-electron chi connectivity index (χ1n) is 9.85. The van der Waals surface area contributed by atoms with Crippen LogP contribution < -0.4 is 10.6 Å². The van der Waals surface area contributed by atoms with E-state index in [4.69, 9.17) is 11.6 Å². The number of carboxylic acids is 1. The molecule has 3 rings (SSSR count). The molecular formula is C23H23ClN2O4S. The van der Waals surface area contributed by atoms with Gasteiger partial charge in [-0.25, -0.2) is 0 Å². The van der Waals surface area contributed by atoms with Crippen molar-refractivity contribution in [2.45, 2.75) is 29.9 Å². The van der Waals surface area contributed by atoms with E-state index >= 15 is 0 Å². The van der Waals surface area contributed by atoms with Gasteiger partial charge in [0, 0.05) is 21.3 Å². The summed E-state index contributed by atoms with van der Waals surface area (Å²) in [6.07, 6.45) is 4.40. The highest BCUT2D eigenvalue weighted by molar-refractivity contribution is 8.00. The molecule has 0 radical (unpaired) electrons. The Morgan fingerprint density at radius 1 is 1.00 bits per heavy atom. The molecule has 6 nitrogen and oxygen atoms in total. The molecule has 3 unspecified atom stereocenters. The number of carbonyl (C=O) groups is 3. The van der Waals surface area contributed by atoms with Crippen molar-refractivity contribution in [3.05, 3.63) is 65.7 Å². The summed E-state index contributed by atoms with van der Waals surface area (Å²) in [7, 11) is 0. The Balaban J connectivity index is 1.61. The predicted octanol–water partition coefficient (Wildman–Crippen LogP) is 5.06. The van der Waals surface area contributed by atoms with E-state index in [1.54, 1.807) is 55.5 Å². The Labute approximate surface area is 190 Å². The third-order valence-electron chi connectivity index (χ3n) is 4.98. The number of carboxylic acid groups (broad SMARTS) is 1. The van der Waals surface area contributed by atoms with Gasteiger partial charge in [-0.2, -0.15) is 0 Å². The number of nitrogens with one attached hydrogen (secondary N) is 2. The number of thioether (sulfide) groups is 1. The first-order chi connectivity index (χ1) is 14.8. The minimum Gasteiger partial charge on any atom is -0.481 e. The van der Waals surface area contributed by atoms with Crippen molar-refractivity contribution in [2.24, 2.45) is 11.8 Å². The molecule has 31 heavy (non-hydrogen) atoms. The minimum atomic E-state index is -0.964. The summed E-state index contributed by atoms with van der Waals surface area (Å²) in [5, 5.41) is 15.3. The molecule has 0 aliphatic heterocycles. The number of anilines is 2. The number of aliphatic carboxylic acids is 1. The molecule has 0 saturated carbocycles. The third kappa shape index (κ3) is 6.35. The van der Waals surface area contributed by atoms with E-state index in [9.17, 15) is 19.5 Å². The van der Waals surface area contributed by atoms with Crippen LogP contribution in [0.15, 0.2) is 65.6 Å². The summed E-state index contributed by atoms with van der Waals surface area (Å²) >= 11 is 7.22. The molecule has 0 bridgehead atoms. The van der Waals surface area contributed by atoms with Gasteiger partial charge in [-0.15, -0.1) is 11.8 Å². The normalized spacial score (nSPS) is 18.8. The molecule has 1 aliphatic rings. The predicted molar refractivity (Wildman–Crippen MR) is 123 cm³/mol. The van der Waals surface area contributed by atoms with Crippen LogP contribution in [0.4, 0.5) is 11.4 Å². The maximum absolute atomic E-state index is 12.7. The van der Waals surface area contributed by atoms with Gasteiger partial charge in [-0.05, 0) is 62.2 Å². The van der Waals surface area contributed by atoms with Gasteiger partial charge in [0.05, 0.1) is 17.1 Å². The fourth-order valence-corrected chi connectivity index (χ4v) is 4.35. The summed E-state index contributed by atoms with van der Waals surface area (Å²) in [4.78, 5) is 37.4. The summed E-state index contributed by atoms with van der Waals surface area (Å²) in [6, 6.07) is 14.1. The lowest BCUT2D eigenvalue weighted by molar-refractivity contribution is -0.146. The van der Waals surface area contributed by atoms with Gasteiger partial charge in [0.1, 0.15) is 0 Å². The van der Waals surface area contributed by atoms with Gasteiger partial charge in [0.2, 0.25) is 11.8 Å². The smallest absolute Gasteiger partial charge is 0.307 e. The second-order valence-corrected chi connectivity index (χ2v) is 9.12. The van der Waals surface area contributed by atoms with E-state index < -0.39 is 17.8 Å². The lowest BCUT2D eigenvalue weighted by Crippen LogP contribution is -2.34. The average Bonchev–Trinajstić information content (AvgIpc) is 2.75. The van der Waals surface area contributed by atoms with Crippen LogP contribution in [0.25, 0.3) is 0 Å². The average molecular weight is 459 g/mol. The van der Waals surface area contributed by atoms with Gasteiger partial charge in [0.25, 0.3) is 0 Å². The maximum Gasteiger partial charge on any atom is 0.307 e. The molecule has 162 valence electrons. The van der Waals surface area contributed by atoms with Crippen LogP contribution in [0.1, 0.15) is 19.8 Å². The molecule has 3 N–H and O–H groups in total. The number of allylic oxidation sites excluding steroid dienone is 2. The zero-order valence-electron chi connectivity index (χ0n) is 16.9. The van der Waals surface area contributed by atoms with Crippen LogP contribution in [0.5, 0.6) is 0 Å². The number of hydrogen-bond acceptors (Lipinski definition) is 4. The highest BCUT2D eigenvalue weighted by Crippen LogP contribution is 2.29. The van der Waals surface area contributed by atoms with Crippen molar-refractivity contribution in [3.8, 4) is 0 Å². The highest BCUT2D eigenvalue weighted by atomic mass is 35.5. The van der Waals surface area contributed by atoms with Gasteiger partial charge in [-0.3, -0.25) is 14.4 Å². The second-order valence-electron chi connectivity index (χ2n) is 7.27. The topological polar surface area (TPSA) is 95.5 Å². The molecule has 1 aliphatic carbocycles. The number of carbonyl (C=O) groups excluding carboxylic acids is 2. The molecule has 8 heteroatoms. The molecular weight excluding hydrogens is 436 g/mol. The number of halogens is 1. The fourth-order valence-electron chi connectivity index (χ4n) is 3.29. The fraction of sp³-hybridized carbons (Fsp3) is 0.261. The van der Waals surface area contributed by atoms with Crippen LogP contribution in [0, 0.1) is 11.8 Å². The first kappa shape index (κ1) is 22.9. The van der Waals surface area contributed by atoms with Crippen molar-refractivity contribution < 1.29 is 19.5 Å². The third-order valence-corrected chi connectivity index (χ3v) is 6.33. The van der Waals surface area contributed by atoms with Crippen molar-refractivity contribution in [1.29, 1.82) is 0 Å². The van der Waals surface area contributed by atoms with Crippen LogP contribution in [0.3, 0.4) is 0 Å². The van der Waals surface area contributed by atoms with Crippen LogP contribution in [-0.2, 0) is 14.4 Å². The summed E-state index contributed by atoms with van der Waals surface area (Å²) in [6.45, 7) is 1.80. The molecule has 2 amide bonds. The molecule has 0 aromatic heterocycles. The Morgan fingerprint density at radius 3 is 2.35 bits per heavy atom. The number of benzene rings is 2. The largest absolute Gasteiger partial charge is 0.481 e. The highest BCUT2D eigenvalue weighted by Gasteiger charge is 2.34.